The second-order valence-electron chi connectivity index (χ2n) is 6.95. The van der Waals surface area contributed by atoms with Gasteiger partial charge in [-0.15, -0.1) is 0 Å². The zero-order valence-corrected chi connectivity index (χ0v) is 16.4. The van der Waals surface area contributed by atoms with Crippen molar-refractivity contribution in [3.8, 4) is 0 Å². The lowest BCUT2D eigenvalue weighted by molar-refractivity contribution is 1.06. The molecule has 0 fully saturated rings. The number of rotatable bonds is 4. The van der Waals surface area contributed by atoms with Crippen LogP contribution in [0.2, 0.25) is 0 Å². The fourth-order valence-electron chi connectivity index (χ4n) is 3.39. The van der Waals surface area contributed by atoms with Crippen molar-refractivity contribution in [2.75, 3.05) is 0 Å². The van der Waals surface area contributed by atoms with E-state index in [1.54, 1.807) is 0 Å². The summed E-state index contributed by atoms with van der Waals surface area (Å²) in [5, 5.41) is 2.40. The zero-order valence-electron chi connectivity index (χ0n) is 16.4. The van der Waals surface area contributed by atoms with Crippen LogP contribution in [-0.2, 0) is 6.54 Å². The third kappa shape index (κ3) is 4.25. The molecule has 4 aromatic rings. The molecule has 0 radical (unpaired) electrons. The number of fused-ring (bicyclic) bond motifs is 1. The molecule has 29 heavy (non-hydrogen) atoms. The standard InChI is InChI=1S/C26H23N3/c1-19-23-15-9-8-12-21(23)16-17-24(19)26(28-18-20-10-4-2-5-11-20)29-25(27)22-13-6-3-7-14-22/h2-17H,18H2,1H3,(H2,27,28,29). The van der Waals surface area contributed by atoms with E-state index >= 15 is 0 Å². The van der Waals surface area contributed by atoms with Gasteiger partial charge in [0.1, 0.15) is 5.84 Å². The molecular weight excluding hydrogens is 354 g/mol. The van der Waals surface area contributed by atoms with Gasteiger partial charge >= 0.3 is 0 Å². The largest absolute Gasteiger partial charge is 0.383 e. The number of nitrogens with zero attached hydrogens (tertiary/aromatic N) is 2. The third-order valence-corrected chi connectivity index (χ3v) is 4.99. The fourth-order valence-corrected chi connectivity index (χ4v) is 3.39. The van der Waals surface area contributed by atoms with E-state index in [4.69, 9.17) is 15.7 Å². The molecule has 0 amide bonds. The molecule has 142 valence electrons. The van der Waals surface area contributed by atoms with Crippen LogP contribution in [-0.4, -0.2) is 11.7 Å². The van der Waals surface area contributed by atoms with Gasteiger partial charge in [-0.25, -0.2) is 4.99 Å². The first-order valence-electron chi connectivity index (χ1n) is 9.69. The average Bonchev–Trinajstić information content (AvgIpc) is 2.78. The summed E-state index contributed by atoms with van der Waals surface area (Å²) in [6.07, 6.45) is 0. The molecular formula is C26H23N3. The first-order valence-corrected chi connectivity index (χ1v) is 9.69. The monoisotopic (exact) mass is 377 g/mol. The van der Waals surface area contributed by atoms with E-state index in [1.165, 1.54) is 10.8 Å². The Morgan fingerprint density at radius 3 is 2.17 bits per heavy atom. The molecule has 0 bridgehead atoms. The first-order chi connectivity index (χ1) is 14.2. The molecule has 0 heterocycles. The van der Waals surface area contributed by atoms with Gasteiger partial charge in [-0.1, -0.05) is 97.1 Å². The van der Waals surface area contributed by atoms with Crippen molar-refractivity contribution >= 4 is 22.4 Å². The molecule has 0 saturated heterocycles. The molecule has 4 aromatic carbocycles. The normalized spacial score (nSPS) is 12.3. The molecule has 0 aliphatic rings. The highest BCUT2D eigenvalue weighted by atomic mass is 15.0. The van der Waals surface area contributed by atoms with Crippen LogP contribution in [0.3, 0.4) is 0 Å². The van der Waals surface area contributed by atoms with Crippen molar-refractivity contribution in [2.24, 2.45) is 15.7 Å². The van der Waals surface area contributed by atoms with Gasteiger partial charge in [-0.2, -0.15) is 0 Å². The van der Waals surface area contributed by atoms with E-state index in [1.807, 2.05) is 48.5 Å². The van der Waals surface area contributed by atoms with Crippen LogP contribution in [0.4, 0.5) is 0 Å². The van der Waals surface area contributed by atoms with Crippen LogP contribution in [0.25, 0.3) is 10.8 Å². The van der Waals surface area contributed by atoms with E-state index in [-0.39, 0.29) is 0 Å². The van der Waals surface area contributed by atoms with Crippen LogP contribution in [0.1, 0.15) is 22.3 Å². The molecule has 0 saturated carbocycles. The summed E-state index contributed by atoms with van der Waals surface area (Å²) in [6, 6.07) is 32.6. The Morgan fingerprint density at radius 1 is 0.759 bits per heavy atom. The molecule has 2 N–H and O–H groups in total. The maximum absolute atomic E-state index is 6.33. The van der Waals surface area contributed by atoms with Crippen molar-refractivity contribution < 1.29 is 0 Å². The van der Waals surface area contributed by atoms with Gasteiger partial charge in [0, 0.05) is 11.1 Å². The van der Waals surface area contributed by atoms with Crippen LogP contribution < -0.4 is 5.73 Å². The number of amidine groups is 2. The highest BCUT2D eigenvalue weighted by Gasteiger charge is 2.11. The molecule has 0 unspecified atom stereocenters. The lowest BCUT2D eigenvalue weighted by Gasteiger charge is -2.11. The second-order valence-corrected chi connectivity index (χ2v) is 6.95. The molecule has 0 aliphatic heterocycles. The predicted molar refractivity (Wildman–Crippen MR) is 123 cm³/mol. The molecule has 4 rings (SSSR count). The summed E-state index contributed by atoms with van der Waals surface area (Å²) in [5.74, 6) is 1.11. The minimum Gasteiger partial charge on any atom is -0.383 e. The van der Waals surface area contributed by atoms with Crippen LogP contribution >= 0.6 is 0 Å². The molecule has 0 spiro atoms. The van der Waals surface area contributed by atoms with Crippen molar-refractivity contribution in [2.45, 2.75) is 13.5 Å². The summed E-state index contributed by atoms with van der Waals surface area (Å²) >= 11 is 0. The van der Waals surface area contributed by atoms with Gasteiger partial charge in [0.05, 0.1) is 6.54 Å². The maximum Gasteiger partial charge on any atom is 0.157 e. The quantitative estimate of drug-likeness (QED) is 0.370. The topological polar surface area (TPSA) is 50.7 Å². The minimum atomic E-state index is 0.463. The zero-order chi connectivity index (χ0) is 20.1. The van der Waals surface area contributed by atoms with E-state index in [0.717, 1.165) is 22.3 Å². The van der Waals surface area contributed by atoms with Gasteiger partial charge in [-0.05, 0) is 28.8 Å². The number of hydrogen-bond acceptors (Lipinski definition) is 1. The predicted octanol–water partition coefficient (Wildman–Crippen LogP) is 5.50. The van der Waals surface area contributed by atoms with Crippen LogP contribution in [0, 0.1) is 6.92 Å². The summed E-state index contributed by atoms with van der Waals surface area (Å²) < 4.78 is 0. The summed E-state index contributed by atoms with van der Waals surface area (Å²) in [6.45, 7) is 2.66. The lowest BCUT2D eigenvalue weighted by Crippen LogP contribution is -2.16. The van der Waals surface area contributed by atoms with Crippen molar-refractivity contribution in [1.29, 1.82) is 0 Å². The van der Waals surface area contributed by atoms with Gasteiger partial charge < -0.3 is 5.73 Å². The molecule has 0 atom stereocenters. The third-order valence-electron chi connectivity index (χ3n) is 4.99. The minimum absolute atomic E-state index is 0.463. The maximum atomic E-state index is 6.33. The molecule has 3 heteroatoms. The number of nitrogens with two attached hydrogens (primary N) is 1. The average molecular weight is 377 g/mol. The highest BCUT2D eigenvalue weighted by molar-refractivity contribution is 6.12. The Bertz CT molecular complexity index is 1180. The number of aryl methyl sites for hydroxylation is 1. The summed E-state index contributed by atoms with van der Waals surface area (Å²) in [4.78, 5) is 9.59. The van der Waals surface area contributed by atoms with Crippen molar-refractivity contribution in [3.05, 3.63) is 119 Å². The van der Waals surface area contributed by atoms with Crippen molar-refractivity contribution in [1.82, 2.24) is 0 Å². The Balaban J connectivity index is 1.81. The lowest BCUT2D eigenvalue weighted by atomic mass is 9.99. The first kappa shape index (κ1) is 18.6. The fraction of sp³-hybridized carbons (Fsp3) is 0.0769. The smallest absolute Gasteiger partial charge is 0.157 e. The van der Waals surface area contributed by atoms with Gasteiger partial charge in [0.2, 0.25) is 0 Å². The van der Waals surface area contributed by atoms with Crippen LogP contribution in [0.15, 0.2) is 107 Å². The molecule has 0 aromatic heterocycles. The summed E-state index contributed by atoms with van der Waals surface area (Å²) in [5.41, 5.74) is 10.5. The van der Waals surface area contributed by atoms with E-state index in [2.05, 4.69) is 55.5 Å². The van der Waals surface area contributed by atoms with Crippen LogP contribution in [0.5, 0.6) is 0 Å². The van der Waals surface area contributed by atoms with Crippen molar-refractivity contribution in [3.63, 3.8) is 0 Å². The van der Waals surface area contributed by atoms with Gasteiger partial charge in [0.15, 0.2) is 5.84 Å². The second kappa shape index (κ2) is 8.53. The number of benzene rings is 4. The molecule has 3 nitrogen and oxygen atoms in total. The Kier molecular flexibility index (Phi) is 5.48. The van der Waals surface area contributed by atoms with Gasteiger partial charge in [0.25, 0.3) is 0 Å². The van der Waals surface area contributed by atoms with E-state index < -0.39 is 0 Å². The summed E-state index contributed by atoms with van der Waals surface area (Å²) in [7, 11) is 0. The SMILES string of the molecule is Cc1c(C(N=C(N)c2ccccc2)=NCc2ccccc2)ccc2ccccc12. The number of hydrogen-bond donors (Lipinski definition) is 1. The van der Waals surface area contributed by atoms with E-state index in [0.29, 0.717) is 18.2 Å². The Hall–Kier alpha value is -3.72. The van der Waals surface area contributed by atoms with E-state index in [9.17, 15) is 0 Å². The Labute approximate surface area is 171 Å². The van der Waals surface area contributed by atoms with Gasteiger partial charge in [-0.3, -0.25) is 4.99 Å². The Morgan fingerprint density at radius 2 is 1.41 bits per heavy atom. The number of aliphatic imine (C=N–C) groups is 2. The molecule has 0 aliphatic carbocycles. The highest BCUT2D eigenvalue weighted by Crippen LogP contribution is 2.23.